The summed E-state index contributed by atoms with van der Waals surface area (Å²) in [4.78, 5) is 33.5. The minimum atomic E-state index is -1.50. The molecule has 0 radical (unpaired) electrons. The van der Waals surface area contributed by atoms with E-state index in [1.165, 1.54) is 0 Å². The molecule has 1 atom stereocenters. The van der Waals surface area contributed by atoms with Crippen LogP contribution in [0.5, 0.6) is 0 Å². The van der Waals surface area contributed by atoms with Crippen LogP contribution in [0.15, 0.2) is 0 Å². The van der Waals surface area contributed by atoms with Crippen molar-refractivity contribution >= 4 is 12.1 Å². The first-order chi connectivity index (χ1) is 8.63. The number of rotatable bonds is 4. The van der Waals surface area contributed by atoms with Gasteiger partial charge in [0.1, 0.15) is 6.29 Å². The molecule has 0 heterocycles. The standard InChI is InChI=1S/C13H21NO4/c15-11-7-10-13(14(17)18)9-6-4-2-1-3-5-8-12(13)16/h11H,1-10H2. The Morgan fingerprint density at radius 1 is 1.17 bits per heavy atom. The summed E-state index contributed by atoms with van der Waals surface area (Å²) in [6.07, 6.45) is 6.89. The normalized spacial score (nSPS) is 26.6. The highest BCUT2D eigenvalue weighted by atomic mass is 16.6. The van der Waals surface area contributed by atoms with E-state index < -0.39 is 10.5 Å². The molecule has 5 heteroatoms. The van der Waals surface area contributed by atoms with Gasteiger partial charge in [0.25, 0.3) is 5.54 Å². The van der Waals surface area contributed by atoms with E-state index in [4.69, 9.17) is 0 Å². The smallest absolute Gasteiger partial charge is 0.279 e. The van der Waals surface area contributed by atoms with Crippen LogP contribution in [0.1, 0.15) is 64.2 Å². The number of ketones is 1. The predicted octanol–water partition coefficient (Wildman–Crippen LogP) is 2.68. The Morgan fingerprint density at radius 2 is 1.78 bits per heavy atom. The molecule has 0 bridgehead atoms. The van der Waals surface area contributed by atoms with Gasteiger partial charge in [0, 0.05) is 30.6 Å². The van der Waals surface area contributed by atoms with Crippen molar-refractivity contribution in [2.75, 3.05) is 0 Å². The van der Waals surface area contributed by atoms with Gasteiger partial charge >= 0.3 is 0 Å². The molecular weight excluding hydrogens is 234 g/mol. The lowest BCUT2D eigenvalue weighted by Crippen LogP contribution is -2.46. The van der Waals surface area contributed by atoms with Crippen molar-refractivity contribution in [2.24, 2.45) is 0 Å². The maximum atomic E-state index is 12.1. The molecule has 1 saturated carbocycles. The fourth-order valence-electron chi connectivity index (χ4n) is 2.63. The van der Waals surface area contributed by atoms with Crippen LogP contribution in [-0.4, -0.2) is 22.5 Å². The van der Waals surface area contributed by atoms with Gasteiger partial charge in [-0.15, -0.1) is 0 Å². The van der Waals surface area contributed by atoms with Crippen molar-refractivity contribution in [3.8, 4) is 0 Å². The lowest BCUT2D eigenvalue weighted by atomic mass is 9.81. The summed E-state index contributed by atoms with van der Waals surface area (Å²) in [6.45, 7) is 0. The van der Waals surface area contributed by atoms with Gasteiger partial charge in [0.05, 0.1) is 0 Å². The molecule has 0 amide bonds. The summed E-state index contributed by atoms with van der Waals surface area (Å²) in [7, 11) is 0. The molecule has 0 saturated heterocycles. The summed E-state index contributed by atoms with van der Waals surface area (Å²) in [5, 5.41) is 11.3. The molecule has 0 spiro atoms. The molecule has 1 fully saturated rings. The number of carbonyl (C=O) groups is 2. The molecule has 5 nitrogen and oxygen atoms in total. The summed E-state index contributed by atoms with van der Waals surface area (Å²) in [6, 6.07) is 0. The maximum absolute atomic E-state index is 12.1. The molecule has 0 N–H and O–H groups in total. The van der Waals surface area contributed by atoms with Gasteiger partial charge in [0.2, 0.25) is 5.78 Å². The Morgan fingerprint density at radius 3 is 2.39 bits per heavy atom. The lowest BCUT2D eigenvalue weighted by molar-refractivity contribution is -0.554. The highest BCUT2D eigenvalue weighted by molar-refractivity contribution is 5.87. The molecule has 102 valence electrons. The van der Waals surface area contributed by atoms with E-state index in [-0.39, 0.29) is 31.5 Å². The zero-order valence-corrected chi connectivity index (χ0v) is 10.7. The van der Waals surface area contributed by atoms with Crippen molar-refractivity contribution in [3.05, 3.63) is 10.1 Å². The van der Waals surface area contributed by atoms with Crippen LogP contribution >= 0.6 is 0 Å². The summed E-state index contributed by atoms with van der Waals surface area (Å²) >= 11 is 0. The minimum Gasteiger partial charge on any atom is -0.303 e. The maximum Gasteiger partial charge on any atom is 0.279 e. The fraction of sp³-hybridized carbons (Fsp3) is 0.846. The van der Waals surface area contributed by atoms with Crippen LogP contribution < -0.4 is 0 Å². The SMILES string of the molecule is O=CCCC1([N+](=O)[O-])CCCCCCCCC1=O. The van der Waals surface area contributed by atoms with Crippen LogP contribution in [0.25, 0.3) is 0 Å². The molecule has 1 rings (SSSR count). The van der Waals surface area contributed by atoms with E-state index >= 15 is 0 Å². The number of carbonyl (C=O) groups excluding carboxylic acids is 2. The molecule has 1 aliphatic rings. The summed E-state index contributed by atoms with van der Waals surface area (Å²) in [5.74, 6) is -0.281. The highest BCUT2D eigenvalue weighted by Gasteiger charge is 2.48. The molecule has 1 aliphatic carbocycles. The second-order valence-corrected chi connectivity index (χ2v) is 5.04. The first-order valence-corrected chi connectivity index (χ1v) is 6.75. The average Bonchev–Trinajstić information content (AvgIpc) is 2.35. The third kappa shape index (κ3) is 3.62. The molecular formula is C13H21NO4. The molecule has 0 aliphatic heterocycles. The second-order valence-electron chi connectivity index (χ2n) is 5.04. The minimum absolute atomic E-state index is 0.0579. The Hall–Kier alpha value is -1.26. The van der Waals surface area contributed by atoms with Crippen molar-refractivity contribution in [1.82, 2.24) is 0 Å². The Kier molecular flexibility index (Phi) is 5.95. The van der Waals surface area contributed by atoms with E-state index in [0.717, 1.165) is 32.1 Å². The topological polar surface area (TPSA) is 77.3 Å². The van der Waals surface area contributed by atoms with E-state index in [9.17, 15) is 19.7 Å². The van der Waals surface area contributed by atoms with Crippen molar-refractivity contribution in [2.45, 2.75) is 69.7 Å². The van der Waals surface area contributed by atoms with E-state index in [1.807, 2.05) is 0 Å². The molecule has 0 aromatic carbocycles. The average molecular weight is 255 g/mol. The van der Waals surface area contributed by atoms with Gasteiger partial charge in [-0.1, -0.05) is 25.7 Å². The number of aldehydes is 1. The van der Waals surface area contributed by atoms with E-state index in [0.29, 0.717) is 12.7 Å². The van der Waals surface area contributed by atoms with Crippen molar-refractivity contribution < 1.29 is 14.5 Å². The van der Waals surface area contributed by atoms with Crippen LogP contribution in [0.3, 0.4) is 0 Å². The van der Waals surface area contributed by atoms with Crippen molar-refractivity contribution in [1.29, 1.82) is 0 Å². The van der Waals surface area contributed by atoms with Gasteiger partial charge < -0.3 is 4.79 Å². The van der Waals surface area contributed by atoms with Gasteiger partial charge in [-0.25, -0.2) is 0 Å². The monoisotopic (exact) mass is 255 g/mol. The highest BCUT2D eigenvalue weighted by Crippen LogP contribution is 2.29. The van der Waals surface area contributed by atoms with Gasteiger partial charge in [-0.3, -0.25) is 14.9 Å². The van der Waals surface area contributed by atoms with Crippen LogP contribution in [0, 0.1) is 10.1 Å². The summed E-state index contributed by atoms with van der Waals surface area (Å²) in [5.41, 5.74) is -1.50. The second kappa shape index (κ2) is 7.24. The molecule has 0 aromatic heterocycles. The largest absolute Gasteiger partial charge is 0.303 e. The predicted molar refractivity (Wildman–Crippen MR) is 67.0 cm³/mol. The first kappa shape index (κ1) is 14.8. The Bertz CT molecular complexity index is 316. The Balaban J connectivity index is 2.86. The number of nitrogens with zero attached hydrogens (tertiary/aromatic N) is 1. The zero-order chi connectivity index (χ0) is 13.4. The van der Waals surface area contributed by atoms with Crippen LogP contribution in [0.2, 0.25) is 0 Å². The first-order valence-electron chi connectivity index (χ1n) is 6.75. The molecule has 18 heavy (non-hydrogen) atoms. The number of hydrogen-bond donors (Lipinski definition) is 0. The Labute approximate surface area is 107 Å². The quantitative estimate of drug-likeness (QED) is 0.439. The summed E-state index contributed by atoms with van der Waals surface area (Å²) < 4.78 is 0. The fourth-order valence-corrected chi connectivity index (χ4v) is 2.63. The number of nitro groups is 1. The van der Waals surface area contributed by atoms with Crippen LogP contribution in [0.4, 0.5) is 0 Å². The van der Waals surface area contributed by atoms with Gasteiger partial charge in [-0.05, 0) is 12.8 Å². The number of Topliss-reactive ketones (excluding diaryl/α,β-unsaturated/α-hetero) is 1. The van der Waals surface area contributed by atoms with E-state index in [1.54, 1.807) is 0 Å². The molecule has 0 aromatic rings. The number of hydrogen-bond acceptors (Lipinski definition) is 4. The third-order valence-electron chi connectivity index (χ3n) is 3.79. The lowest BCUT2D eigenvalue weighted by Gasteiger charge is -2.24. The van der Waals surface area contributed by atoms with Gasteiger partial charge in [-0.2, -0.15) is 0 Å². The van der Waals surface area contributed by atoms with E-state index in [2.05, 4.69) is 0 Å². The zero-order valence-electron chi connectivity index (χ0n) is 10.7. The third-order valence-corrected chi connectivity index (χ3v) is 3.79. The van der Waals surface area contributed by atoms with Crippen molar-refractivity contribution in [3.63, 3.8) is 0 Å². The molecule has 1 unspecified atom stereocenters. The van der Waals surface area contributed by atoms with Crippen LogP contribution in [-0.2, 0) is 9.59 Å². The van der Waals surface area contributed by atoms with Gasteiger partial charge in [0.15, 0.2) is 0 Å².